The minimum atomic E-state index is -4.19. The normalized spacial score (nSPS) is 17.6. The average molecular weight is 280 g/mol. The molecule has 0 aromatic carbocycles. The van der Waals surface area contributed by atoms with Gasteiger partial charge in [0.1, 0.15) is 16.8 Å². The molecule has 0 spiro atoms. The molecule has 1 unspecified atom stereocenters. The number of anilines is 1. The molecule has 2 rings (SSSR count). The molecule has 1 aromatic heterocycles. The second-order valence-electron chi connectivity index (χ2n) is 4.57. The fourth-order valence-electron chi connectivity index (χ4n) is 1.68. The van der Waals surface area contributed by atoms with Gasteiger partial charge >= 0.3 is 6.18 Å². The fraction of sp³-hybridized carbons (Fsp3) is 0.636. The molecule has 3 nitrogen and oxygen atoms in total. The lowest BCUT2D eigenvalue weighted by Crippen LogP contribution is -2.24. The maximum atomic E-state index is 12.2. The van der Waals surface area contributed by atoms with Crippen LogP contribution < -0.4 is 5.32 Å². The van der Waals surface area contributed by atoms with Gasteiger partial charge in [0, 0.05) is 18.0 Å². The molecule has 1 aromatic rings. The average Bonchev–Trinajstić information content (AvgIpc) is 2.95. The van der Waals surface area contributed by atoms with Crippen molar-refractivity contribution in [3.8, 4) is 0 Å². The monoisotopic (exact) mass is 279 g/mol. The highest BCUT2D eigenvalue weighted by molar-refractivity contribution is 6.29. The molecule has 7 heteroatoms. The van der Waals surface area contributed by atoms with Gasteiger partial charge in [-0.3, -0.25) is 0 Å². The first kappa shape index (κ1) is 13.4. The Morgan fingerprint density at radius 2 is 2.11 bits per heavy atom. The van der Waals surface area contributed by atoms with E-state index in [1.54, 1.807) is 0 Å². The Morgan fingerprint density at radius 3 is 2.67 bits per heavy atom. The zero-order valence-corrected chi connectivity index (χ0v) is 10.5. The molecule has 1 N–H and O–H groups in total. The van der Waals surface area contributed by atoms with Gasteiger partial charge in [0.15, 0.2) is 0 Å². The first-order chi connectivity index (χ1) is 8.33. The summed E-state index contributed by atoms with van der Waals surface area (Å²) in [6, 6.07) is 0.698. The summed E-state index contributed by atoms with van der Waals surface area (Å²) in [5.74, 6) is 1.28. The van der Waals surface area contributed by atoms with Gasteiger partial charge in [0.05, 0.1) is 6.42 Å². The number of alkyl halides is 3. The van der Waals surface area contributed by atoms with E-state index in [1.165, 1.54) is 13.0 Å². The lowest BCUT2D eigenvalue weighted by atomic mass is 10.2. The number of hydrogen-bond acceptors (Lipinski definition) is 3. The van der Waals surface area contributed by atoms with E-state index in [-0.39, 0.29) is 5.15 Å². The van der Waals surface area contributed by atoms with Gasteiger partial charge in [-0.1, -0.05) is 11.6 Å². The van der Waals surface area contributed by atoms with Crippen molar-refractivity contribution in [3.63, 3.8) is 0 Å². The van der Waals surface area contributed by atoms with E-state index in [4.69, 9.17) is 11.6 Å². The van der Waals surface area contributed by atoms with E-state index in [9.17, 15) is 13.2 Å². The molecule has 18 heavy (non-hydrogen) atoms. The van der Waals surface area contributed by atoms with Crippen LogP contribution in [0.5, 0.6) is 0 Å². The fourth-order valence-corrected chi connectivity index (χ4v) is 1.87. The first-order valence-electron chi connectivity index (χ1n) is 5.71. The Morgan fingerprint density at radius 1 is 1.44 bits per heavy atom. The highest BCUT2D eigenvalue weighted by Crippen LogP contribution is 2.38. The van der Waals surface area contributed by atoms with Crippen LogP contribution in [-0.4, -0.2) is 22.2 Å². The Kier molecular flexibility index (Phi) is 3.66. The second-order valence-corrected chi connectivity index (χ2v) is 4.96. The van der Waals surface area contributed by atoms with Crippen LogP contribution in [-0.2, 0) is 0 Å². The molecule has 1 aliphatic carbocycles. The maximum Gasteiger partial charge on any atom is 0.391 e. The van der Waals surface area contributed by atoms with Crippen molar-refractivity contribution in [2.75, 3.05) is 5.32 Å². The van der Waals surface area contributed by atoms with E-state index in [0.29, 0.717) is 17.6 Å². The van der Waals surface area contributed by atoms with Gasteiger partial charge in [-0.2, -0.15) is 13.2 Å². The van der Waals surface area contributed by atoms with E-state index in [1.807, 2.05) is 0 Å². The summed E-state index contributed by atoms with van der Waals surface area (Å²) in [5.41, 5.74) is 0. The zero-order valence-electron chi connectivity index (χ0n) is 9.76. The van der Waals surface area contributed by atoms with Crippen molar-refractivity contribution in [2.45, 2.75) is 44.3 Å². The number of hydrogen-bond donors (Lipinski definition) is 1. The van der Waals surface area contributed by atoms with Gasteiger partial charge in [0.25, 0.3) is 0 Å². The molecule has 0 aliphatic heterocycles. The van der Waals surface area contributed by atoms with E-state index < -0.39 is 18.6 Å². The number of rotatable bonds is 4. The van der Waals surface area contributed by atoms with E-state index >= 15 is 0 Å². The maximum absolute atomic E-state index is 12.2. The third-order valence-corrected chi connectivity index (χ3v) is 2.78. The Labute approximate surface area is 108 Å². The molecule has 1 aliphatic rings. The molecule has 0 radical (unpaired) electrons. The minimum Gasteiger partial charge on any atom is -0.367 e. The molecule has 1 atom stereocenters. The number of halogens is 4. The van der Waals surface area contributed by atoms with E-state index in [0.717, 1.165) is 12.8 Å². The van der Waals surface area contributed by atoms with Gasteiger partial charge in [-0.25, -0.2) is 9.97 Å². The topological polar surface area (TPSA) is 37.8 Å². The van der Waals surface area contributed by atoms with E-state index in [2.05, 4.69) is 15.3 Å². The van der Waals surface area contributed by atoms with Crippen LogP contribution in [0, 0.1) is 0 Å². The van der Waals surface area contributed by atoms with Gasteiger partial charge in [0.2, 0.25) is 0 Å². The summed E-state index contributed by atoms with van der Waals surface area (Å²) in [7, 11) is 0. The van der Waals surface area contributed by atoms with Crippen molar-refractivity contribution in [1.82, 2.24) is 9.97 Å². The van der Waals surface area contributed by atoms with Crippen LogP contribution in [0.25, 0.3) is 0 Å². The molecular formula is C11H13ClF3N3. The summed E-state index contributed by atoms with van der Waals surface area (Å²) in [4.78, 5) is 8.26. The van der Waals surface area contributed by atoms with Crippen molar-refractivity contribution in [1.29, 1.82) is 0 Å². The smallest absolute Gasteiger partial charge is 0.367 e. The summed E-state index contributed by atoms with van der Waals surface area (Å²) in [6.07, 6.45) is -3.08. The minimum absolute atomic E-state index is 0.258. The summed E-state index contributed by atoms with van der Waals surface area (Å²) in [5, 5.41) is 2.96. The molecule has 1 fully saturated rings. The quantitative estimate of drug-likeness (QED) is 0.853. The molecule has 1 heterocycles. The summed E-state index contributed by atoms with van der Waals surface area (Å²) in [6.45, 7) is 1.46. The van der Waals surface area contributed by atoms with Gasteiger partial charge in [-0.05, 0) is 19.8 Å². The van der Waals surface area contributed by atoms with Crippen LogP contribution in [0.4, 0.5) is 19.0 Å². The highest BCUT2D eigenvalue weighted by atomic mass is 35.5. The van der Waals surface area contributed by atoms with Crippen molar-refractivity contribution in [3.05, 3.63) is 17.0 Å². The molecule has 1 saturated carbocycles. The van der Waals surface area contributed by atoms with Gasteiger partial charge in [-0.15, -0.1) is 0 Å². The van der Waals surface area contributed by atoms with Crippen LogP contribution in [0.2, 0.25) is 5.15 Å². The first-order valence-corrected chi connectivity index (χ1v) is 6.09. The Balaban J connectivity index is 2.04. The zero-order chi connectivity index (χ0) is 13.3. The third-order valence-electron chi connectivity index (χ3n) is 2.59. The molecular weight excluding hydrogens is 267 g/mol. The van der Waals surface area contributed by atoms with Crippen LogP contribution in [0.1, 0.15) is 37.9 Å². The van der Waals surface area contributed by atoms with Crippen molar-refractivity contribution >= 4 is 17.4 Å². The largest absolute Gasteiger partial charge is 0.391 e. The number of nitrogens with one attached hydrogen (secondary N) is 1. The van der Waals surface area contributed by atoms with Crippen molar-refractivity contribution < 1.29 is 13.2 Å². The van der Waals surface area contributed by atoms with Crippen LogP contribution in [0.15, 0.2) is 6.07 Å². The Hall–Kier alpha value is -1.04. The predicted molar refractivity (Wildman–Crippen MR) is 62.8 cm³/mol. The number of aromatic nitrogens is 2. The molecule has 0 amide bonds. The highest BCUT2D eigenvalue weighted by Gasteiger charge is 2.31. The SMILES string of the molecule is CC(CC(F)(F)F)Nc1cc(Cl)nc(C2CC2)n1. The molecule has 100 valence electrons. The van der Waals surface area contributed by atoms with Crippen molar-refractivity contribution in [2.24, 2.45) is 0 Å². The summed E-state index contributed by atoms with van der Waals surface area (Å²) >= 11 is 5.83. The van der Waals surface area contributed by atoms with Crippen LogP contribution >= 0.6 is 11.6 Å². The standard InChI is InChI=1S/C11H13ClF3N3/c1-6(5-11(13,14)15)16-9-4-8(12)17-10(18-9)7-2-3-7/h4,6-7H,2-3,5H2,1H3,(H,16,17,18). The lowest BCUT2D eigenvalue weighted by Gasteiger charge is -2.16. The third kappa shape index (κ3) is 4.01. The molecule has 0 saturated heterocycles. The predicted octanol–water partition coefficient (Wildman–Crippen LogP) is 3.76. The number of nitrogens with zero attached hydrogens (tertiary/aromatic N) is 2. The van der Waals surface area contributed by atoms with Crippen LogP contribution in [0.3, 0.4) is 0 Å². The lowest BCUT2D eigenvalue weighted by molar-refractivity contribution is -0.136. The Bertz CT molecular complexity index is 432. The molecule has 0 bridgehead atoms. The summed E-state index contributed by atoms with van der Waals surface area (Å²) < 4.78 is 36.6. The second kappa shape index (κ2) is 4.91. The van der Waals surface area contributed by atoms with Gasteiger partial charge < -0.3 is 5.32 Å².